The Balaban J connectivity index is 3.07. The summed E-state index contributed by atoms with van der Waals surface area (Å²) in [5.41, 5.74) is 0. The van der Waals surface area contributed by atoms with Crippen LogP contribution in [0.15, 0.2) is 11.0 Å². The zero-order chi connectivity index (χ0) is 11.6. The van der Waals surface area contributed by atoms with Gasteiger partial charge in [0.2, 0.25) is 0 Å². The number of rotatable bonds is 3. The smallest absolute Gasteiger partial charge is 0.107 e. The molecular weight excluding hydrogens is 242 g/mol. The van der Waals surface area contributed by atoms with Crippen LogP contribution in [-0.2, 0) is 0 Å². The molecule has 0 bridgehead atoms. The van der Waals surface area contributed by atoms with Crippen LogP contribution in [0.25, 0.3) is 0 Å². The molecule has 0 aromatic carbocycles. The fourth-order valence-corrected chi connectivity index (χ4v) is 3.81. The van der Waals surface area contributed by atoms with E-state index in [9.17, 15) is 0 Å². The van der Waals surface area contributed by atoms with Crippen LogP contribution in [0.2, 0.25) is 0 Å². The molecule has 0 aliphatic carbocycles. The van der Waals surface area contributed by atoms with Crippen LogP contribution < -0.4 is 0 Å². The Kier molecular flexibility index (Phi) is 4.74. The molecule has 1 unspecified atom stereocenters. The van der Waals surface area contributed by atoms with E-state index in [-0.39, 0.29) is 0 Å². The van der Waals surface area contributed by atoms with Crippen molar-refractivity contribution in [3.8, 4) is 0 Å². The molecule has 0 radical (unpaired) electrons. The SMILES string of the molecule is CCC1C(=S)N(C(C)C)C(=S)C=C1SC. The van der Waals surface area contributed by atoms with Gasteiger partial charge in [0.1, 0.15) is 4.99 Å². The highest BCUT2D eigenvalue weighted by Crippen LogP contribution is 2.32. The van der Waals surface area contributed by atoms with Crippen LogP contribution in [0.3, 0.4) is 0 Å². The molecular formula is C11H17NS3. The van der Waals surface area contributed by atoms with Crippen molar-refractivity contribution < 1.29 is 0 Å². The topological polar surface area (TPSA) is 3.24 Å². The van der Waals surface area contributed by atoms with Gasteiger partial charge in [-0.15, -0.1) is 11.8 Å². The number of thiocarbonyl (C=S) groups is 2. The number of hydrogen-bond acceptors (Lipinski definition) is 3. The lowest BCUT2D eigenvalue weighted by Crippen LogP contribution is -2.45. The van der Waals surface area contributed by atoms with Gasteiger partial charge in [-0.3, -0.25) is 0 Å². The Morgan fingerprint density at radius 3 is 2.47 bits per heavy atom. The average Bonchev–Trinajstić information content (AvgIpc) is 2.16. The van der Waals surface area contributed by atoms with Gasteiger partial charge in [-0.05, 0) is 37.5 Å². The highest BCUT2D eigenvalue weighted by molar-refractivity contribution is 8.02. The molecule has 1 rings (SSSR count). The first kappa shape index (κ1) is 13.1. The standard InChI is InChI=1S/C11H17NS3/c1-5-8-9(15-4)6-10(13)12(7(2)3)11(8)14/h6-8H,5H2,1-4H3. The fourth-order valence-electron chi connectivity index (χ4n) is 1.78. The fraction of sp³-hybridized carbons (Fsp3) is 0.636. The molecule has 0 saturated heterocycles. The summed E-state index contributed by atoms with van der Waals surface area (Å²) in [7, 11) is 0. The van der Waals surface area contributed by atoms with Gasteiger partial charge in [0.15, 0.2) is 0 Å². The second kappa shape index (κ2) is 5.41. The first-order valence-electron chi connectivity index (χ1n) is 5.15. The Morgan fingerprint density at radius 1 is 1.47 bits per heavy atom. The third-order valence-electron chi connectivity index (χ3n) is 2.54. The molecule has 1 atom stereocenters. The minimum atomic E-state index is 0.360. The highest BCUT2D eigenvalue weighted by atomic mass is 32.2. The summed E-state index contributed by atoms with van der Waals surface area (Å²) in [4.78, 5) is 5.26. The quantitative estimate of drug-likeness (QED) is 0.712. The summed E-state index contributed by atoms with van der Waals surface area (Å²) >= 11 is 12.7. The third-order valence-corrected chi connectivity index (χ3v) is 4.21. The van der Waals surface area contributed by atoms with E-state index in [4.69, 9.17) is 24.4 Å². The lowest BCUT2D eigenvalue weighted by molar-refractivity contribution is 0.487. The molecule has 0 aromatic heterocycles. The van der Waals surface area contributed by atoms with Gasteiger partial charge in [0.05, 0.1) is 4.99 Å². The summed E-state index contributed by atoms with van der Waals surface area (Å²) in [5.74, 6) is 0.379. The van der Waals surface area contributed by atoms with E-state index in [0.29, 0.717) is 12.0 Å². The van der Waals surface area contributed by atoms with E-state index in [2.05, 4.69) is 38.0 Å². The van der Waals surface area contributed by atoms with Gasteiger partial charge in [0.25, 0.3) is 0 Å². The lowest BCUT2D eigenvalue weighted by Gasteiger charge is -2.37. The molecule has 1 nitrogen and oxygen atoms in total. The number of hydrogen-bond donors (Lipinski definition) is 0. The van der Waals surface area contributed by atoms with Crippen molar-refractivity contribution in [1.82, 2.24) is 4.90 Å². The van der Waals surface area contributed by atoms with Gasteiger partial charge in [-0.2, -0.15) is 0 Å². The highest BCUT2D eigenvalue weighted by Gasteiger charge is 2.30. The molecule has 1 heterocycles. The van der Waals surface area contributed by atoms with Crippen LogP contribution in [0, 0.1) is 5.92 Å². The van der Waals surface area contributed by atoms with E-state index in [1.165, 1.54) is 4.91 Å². The minimum Gasteiger partial charge on any atom is -0.324 e. The van der Waals surface area contributed by atoms with Gasteiger partial charge < -0.3 is 4.90 Å². The van der Waals surface area contributed by atoms with Gasteiger partial charge in [0, 0.05) is 12.0 Å². The maximum atomic E-state index is 5.53. The average molecular weight is 259 g/mol. The van der Waals surface area contributed by atoms with E-state index in [0.717, 1.165) is 16.4 Å². The summed E-state index contributed by atoms with van der Waals surface area (Å²) in [6.07, 6.45) is 5.24. The van der Waals surface area contributed by atoms with E-state index >= 15 is 0 Å². The largest absolute Gasteiger partial charge is 0.324 e. The zero-order valence-corrected chi connectivity index (χ0v) is 12.1. The predicted molar refractivity (Wildman–Crippen MR) is 77.6 cm³/mol. The van der Waals surface area contributed by atoms with Crippen molar-refractivity contribution in [2.45, 2.75) is 33.2 Å². The Hall–Kier alpha value is 0.0700. The molecule has 1 aliphatic rings. The normalized spacial score (nSPS) is 22.3. The van der Waals surface area contributed by atoms with E-state index in [1.807, 2.05) is 0 Å². The summed E-state index contributed by atoms with van der Waals surface area (Å²) in [5, 5.41) is 0. The molecule has 0 saturated carbocycles. The monoisotopic (exact) mass is 259 g/mol. The van der Waals surface area contributed by atoms with Crippen LogP contribution in [0.5, 0.6) is 0 Å². The number of nitrogens with zero attached hydrogens (tertiary/aromatic N) is 1. The van der Waals surface area contributed by atoms with Crippen LogP contribution >= 0.6 is 36.2 Å². The molecule has 0 spiro atoms. The molecule has 0 amide bonds. The Morgan fingerprint density at radius 2 is 2.07 bits per heavy atom. The second-order valence-corrected chi connectivity index (χ2v) is 5.57. The van der Waals surface area contributed by atoms with Crippen LogP contribution in [0.4, 0.5) is 0 Å². The number of thioether (sulfide) groups is 1. The Labute approximate surface area is 107 Å². The molecule has 0 fully saturated rings. The molecule has 4 heteroatoms. The molecule has 1 aliphatic heterocycles. The maximum absolute atomic E-state index is 5.53. The van der Waals surface area contributed by atoms with Crippen LogP contribution in [0.1, 0.15) is 27.2 Å². The first-order chi connectivity index (χ1) is 7.02. The van der Waals surface area contributed by atoms with Gasteiger partial charge >= 0.3 is 0 Å². The predicted octanol–water partition coefficient (Wildman–Crippen LogP) is 3.64. The molecule has 84 valence electrons. The molecule has 0 N–H and O–H groups in total. The second-order valence-electron chi connectivity index (χ2n) is 3.85. The minimum absolute atomic E-state index is 0.360. The van der Waals surface area contributed by atoms with Crippen LogP contribution in [-0.4, -0.2) is 27.2 Å². The van der Waals surface area contributed by atoms with Crippen molar-refractivity contribution in [2.24, 2.45) is 5.92 Å². The summed E-state index contributed by atoms with van der Waals surface area (Å²) in [6, 6.07) is 0.360. The zero-order valence-electron chi connectivity index (χ0n) is 9.61. The van der Waals surface area contributed by atoms with Gasteiger partial charge in [-0.1, -0.05) is 31.4 Å². The van der Waals surface area contributed by atoms with Crippen molar-refractivity contribution >= 4 is 46.2 Å². The molecule has 0 aromatic rings. The van der Waals surface area contributed by atoms with E-state index < -0.39 is 0 Å². The van der Waals surface area contributed by atoms with Crippen molar-refractivity contribution in [3.05, 3.63) is 11.0 Å². The Bertz CT molecular complexity index is 307. The first-order valence-corrected chi connectivity index (χ1v) is 7.19. The van der Waals surface area contributed by atoms with Crippen molar-refractivity contribution in [1.29, 1.82) is 0 Å². The summed E-state index contributed by atoms with van der Waals surface area (Å²) in [6.45, 7) is 6.43. The maximum Gasteiger partial charge on any atom is 0.107 e. The van der Waals surface area contributed by atoms with Gasteiger partial charge in [-0.25, -0.2) is 0 Å². The van der Waals surface area contributed by atoms with Crippen molar-refractivity contribution in [3.63, 3.8) is 0 Å². The summed E-state index contributed by atoms with van der Waals surface area (Å²) < 4.78 is 0. The lowest BCUT2D eigenvalue weighted by atomic mass is 10.0. The van der Waals surface area contributed by atoms with E-state index in [1.54, 1.807) is 11.8 Å². The van der Waals surface area contributed by atoms with Crippen molar-refractivity contribution in [2.75, 3.05) is 6.26 Å². The third kappa shape index (κ3) is 2.60. The molecule has 15 heavy (non-hydrogen) atoms.